The van der Waals surface area contributed by atoms with Crippen molar-refractivity contribution in [2.75, 3.05) is 31.6 Å². The predicted molar refractivity (Wildman–Crippen MR) is 131 cm³/mol. The van der Waals surface area contributed by atoms with Crippen LogP contribution in [0, 0.1) is 5.92 Å². The number of nitrogens with zero attached hydrogens (tertiary/aromatic N) is 2. The van der Waals surface area contributed by atoms with Gasteiger partial charge in [0, 0.05) is 31.2 Å². The molecular formula is C27H27N3O5. The quantitative estimate of drug-likeness (QED) is 0.570. The number of para-hydroxylation sites is 2. The van der Waals surface area contributed by atoms with Gasteiger partial charge in [-0.15, -0.1) is 0 Å². The number of anilines is 1. The third kappa shape index (κ3) is 5.21. The van der Waals surface area contributed by atoms with Crippen molar-refractivity contribution in [3.63, 3.8) is 0 Å². The summed E-state index contributed by atoms with van der Waals surface area (Å²) in [6, 6.07) is 21.9. The second-order valence-electron chi connectivity index (χ2n) is 8.94. The molecule has 0 spiro atoms. The van der Waals surface area contributed by atoms with Gasteiger partial charge in [-0.1, -0.05) is 36.4 Å². The lowest BCUT2D eigenvalue weighted by atomic mass is 9.83. The maximum atomic E-state index is 13.1. The average molecular weight is 474 g/mol. The van der Waals surface area contributed by atoms with Gasteiger partial charge in [-0.3, -0.25) is 14.4 Å². The molecule has 2 aromatic carbocycles. The highest BCUT2D eigenvalue weighted by Crippen LogP contribution is 2.35. The van der Waals surface area contributed by atoms with Gasteiger partial charge in [0.25, 0.3) is 17.4 Å². The molecule has 0 aliphatic carbocycles. The Morgan fingerprint density at radius 2 is 1.49 bits per heavy atom. The Hall–Kier alpha value is -4.07. The molecule has 1 saturated heterocycles. The highest BCUT2D eigenvalue weighted by atomic mass is 16.5. The molecule has 35 heavy (non-hydrogen) atoms. The van der Waals surface area contributed by atoms with E-state index in [1.54, 1.807) is 22.8 Å². The summed E-state index contributed by atoms with van der Waals surface area (Å²) in [7, 11) is 0. The van der Waals surface area contributed by atoms with Crippen LogP contribution in [0.3, 0.4) is 0 Å². The number of likely N-dealkylation sites (tertiary alicyclic amines) is 1. The number of piperidine rings is 1. The van der Waals surface area contributed by atoms with Crippen molar-refractivity contribution in [2.45, 2.75) is 18.9 Å². The molecule has 2 amide bonds. The number of carbonyl (C=O) groups excluding carboxylic acids is 2. The van der Waals surface area contributed by atoms with E-state index < -0.39 is 5.91 Å². The SMILES string of the molecule is O=C(COc1ccccc1)Nc1ccc2n(c1=O)C[C@H]1C[C@@H]2CN(C(=O)COc2ccccc2)C1. The Labute approximate surface area is 203 Å². The topological polar surface area (TPSA) is 89.9 Å². The zero-order valence-corrected chi connectivity index (χ0v) is 19.3. The molecule has 1 aromatic heterocycles. The van der Waals surface area contributed by atoms with E-state index >= 15 is 0 Å². The molecule has 2 aliphatic rings. The highest BCUT2D eigenvalue weighted by Gasteiger charge is 2.36. The summed E-state index contributed by atoms with van der Waals surface area (Å²) in [6.45, 7) is 1.45. The minimum Gasteiger partial charge on any atom is -0.484 e. The summed E-state index contributed by atoms with van der Waals surface area (Å²) in [6.07, 6.45) is 0.930. The molecule has 2 bridgehead atoms. The van der Waals surface area contributed by atoms with Crippen LogP contribution in [0.15, 0.2) is 77.6 Å². The molecule has 2 aliphatic heterocycles. The number of fused-ring (bicyclic) bond motifs is 4. The van der Waals surface area contributed by atoms with Crippen LogP contribution in [0.4, 0.5) is 5.69 Å². The molecule has 3 heterocycles. The first-order chi connectivity index (χ1) is 17.1. The molecule has 180 valence electrons. The fourth-order valence-corrected chi connectivity index (χ4v) is 4.85. The average Bonchev–Trinajstić information content (AvgIpc) is 2.89. The second-order valence-corrected chi connectivity index (χ2v) is 8.94. The van der Waals surface area contributed by atoms with Crippen LogP contribution in [-0.4, -0.2) is 47.6 Å². The molecule has 8 nitrogen and oxygen atoms in total. The summed E-state index contributed by atoms with van der Waals surface area (Å²) in [5, 5.41) is 2.68. The number of aromatic nitrogens is 1. The molecule has 8 heteroatoms. The molecule has 0 unspecified atom stereocenters. The van der Waals surface area contributed by atoms with Crippen LogP contribution >= 0.6 is 0 Å². The van der Waals surface area contributed by atoms with Crippen LogP contribution in [0.25, 0.3) is 0 Å². The molecule has 1 fully saturated rings. The Bertz CT molecular complexity index is 1260. The predicted octanol–water partition coefficient (Wildman–Crippen LogP) is 2.89. The van der Waals surface area contributed by atoms with Crippen molar-refractivity contribution in [2.24, 2.45) is 5.92 Å². The number of rotatable bonds is 7. The van der Waals surface area contributed by atoms with E-state index in [0.29, 0.717) is 31.1 Å². The Balaban J connectivity index is 1.22. The van der Waals surface area contributed by atoms with E-state index in [4.69, 9.17) is 9.47 Å². The lowest BCUT2D eigenvalue weighted by molar-refractivity contribution is -0.136. The van der Waals surface area contributed by atoms with Crippen molar-refractivity contribution in [3.8, 4) is 11.5 Å². The molecule has 0 radical (unpaired) electrons. The zero-order valence-electron chi connectivity index (χ0n) is 19.3. The van der Waals surface area contributed by atoms with Gasteiger partial charge in [0.05, 0.1) is 0 Å². The maximum absolute atomic E-state index is 13.1. The molecule has 1 N–H and O–H groups in total. The zero-order chi connectivity index (χ0) is 24.2. The first-order valence-electron chi connectivity index (χ1n) is 11.7. The number of carbonyl (C=O) groups is 2. The van der Waals surface area contributed by atoms with Gasteiger partial charge < -0.3 is 24.3 Å². The van der Waals surface area contributed by atoms with E-state index in [1.807, 2.05) is 59.5 Å². The van der Waals surface area contributed by atoms with Gasteiger partial charge in [0.2, 0.25) is 0 Å². The Kier molecular flexibility index (Phi) is 6.52. The molecule has 2 atom stereocenters. The van der Waals surface area contributed by atoms with E-state index in [0.717, 1.165) is 12.1 Å². The van der Waals surface area contributed by atoms with Gasteiger partial charge in [0.15, 0.2) is 13.2 Å². The van der Waals surface area contributed by atoms with Crippen LogP contribution in [0.1, 0.15) is 18.0 Å². The van der Waals surface area contributed by atoms with Crippen LogP contribution in [0.2, 0.25) is 0 Å². The lowest BCUT2D eigenvalue weighted by Gasteiger charge is -2.42. The fourth-order valence-electron chi connectivity index (χ4n) is 4.85. The number of benzene rings is 2. The summed E-state index contributed by atoms with van der Waals surface area (Å²) in [5.41, 5.74) is 0.906. The second kappa shape index (κ2) is 10.0. The molecule has 0 saturated carbocycles. The van der Waals surface area contributed by atoms with Crippen molar-refractivity contribution in [1.29, 1.82) is 0 Å². The first kappa shape index (κ1) is 22.7. The number of amides is 2. The smallest absolute Gasteiger partial charge is 0.274 e. The van der Waals surface area contributed by atoms with Gasteiger partial charge in [-0.2, -0.15) is 0 Å². The fraction of sp³-hybridized carbons (Fsp3) is 0.296. The largest absolute Gasteiger partial charge is 0.484 e. The van der Waals surface area contributed by atoms with Gasteiger partial charge in [-0.05, 0) is 48.7 Å². The molecule has 5 rings (SSSR count). The summed E-state index contributed by atoms with van der Waals surface area (Å²) in [5.74, 6) is 1.05. The maximum Gasteiger partial charge on any atom is 0.274 e. The van der Waals surface area contributed by atoms with Crippen molar-refractivity contribution < 1.29 is 19.1 Å². The third-order valence-corrected chi connectivity index (χ3v) is 6.45. The first-order valence-corrected chi connectivity index (χ1v) is 11.7. The monoisotopic (exact) mass is 473 g/mol. The van der Waals surface area contributed by atoms with Gasteiger partial charge >= 0.3 is 0 Å². The molecule has 3 aromatic rings. The van der Waals surface area contributed by atoms with E-state index in [-0.39, 0.29) is 42.2 Å². The van der Waals surface area contributed by atoms with Crippen LogP contribution in [0.5, 0.6) is 11.5 Å². The normalized spacial score (nSPS) is 18.3. The summed E-state index contributed by atoms with van der Waals surface area (Å²) in [4.78, 5) is 40.1. The van der Waals surface area contributed by atoms with Crippen molar-refractivity contribution >= 4 is 17.5 Å². The number of hydrogen-bond donors (Lipinski definition) is 1. The van der Waals surface area contributed by atoms with Crippen molar-refractivity contribution in [1.82, 2.24) is 9.47 Å². The minimum atomic E-state index is -0.391. The number of nitrogens with one attached hydrogen (secondary N) is 1. The number of hydrogen-bond acceptors (Lipinski definition) is 5. The third-order valence-electron chi connectivity index (χ3n) is 6.45. The van der Waals surface area contributed by atoms with Crippen molar-refractivity contribution in [3.05, 3.63) is 88.8 Å². The Morgan fingerprint density at radius 3 is 2.17 bits per heavy atom. The summed E-state index contributed by atoms with van der Waals surface area (Å²) < 4.78 is 12.8. The standard InChI is InChI=1S/C27H27N3O5/c31-25(17-34-21-7-3-1-4-8-21)28-23-11-12-24-20-13-19(15-30(24)27(23)33)14-29(16-20)26(32)18-35-22-9-5-2-6-10-22/h1-12,19-20H,13-18H2,(H,28,31)/t19-,20+/m0/s1. The van der Waals surface area contributed by atoms with Gasteiger partial charge in [0.1, 0.15) is 17.2 Å². The van der Waals surface area contributed by atoms with Gasteiger partial charge in [-0.25, -0.2) is 0 Å². The number of ether oxygens (including phenoxy) is 2. The van der Waals surface area contributed by atoms with E-state index in [1.165, 1.54) is 0 Å². The number of pyridine rings is 1. The minimum absolute atomic E-state index is 0.00766. The van der Waals surface area contributed by atoms with E-state index in [2.05, 4.69) is 5.32 Å². The van der Waals surface area contributed by atoms with E-state index in [9.17, 15) is 14.4 Å². The Morgan fingerprint density at radius 1 is 0.829 bits per heavy atom. The van der Waals surface area contributed by atoms with Crippen LogP contribution in [-0.2, 0) is 16.1 Å². The van der Waals surface area contributed by atoms with Crippen LogP contribution < -0.4 is 20.3 Å². The highest BCUT2D eigenvalue weighted by molar-refractivity contribution is 5.91. The summed E-state index contributed by atoms with van der Waals surface area (Å²) >= 11 is 0. The lowest BCUT2D eigenvalue weighted by Crippen LogP contribution is -2.50. The molecular weight excluding hydrogens is 446 g/mol.